The molecule has 1 heteroatoms. The fraction of sp³-hybridized carbons (Fsp3) is 0.0294. The molecule has 0 radical (unpaired) electrons. The van der Waals surface area contributed by atoms with Crippen molar-refractivity contribution in [2.75, 3.05) is 4.90 Å². The topological polar surface area (TPSA) is 3.24 Å². The van der Waals surface area contributed by atoms with Crippen LogP contribution in [0.1, 0.15) is 44.5 Å². The molecule has 0 fully saturated rings. The van der Waals surface area contributed by atoms with Gasteiger partial charge in [-0.15, -0.1) is 0 Å². The second kappa shape index (κ2) is 14.4. The van der Waals surface area contributed by atoms with E-state index in [0.717, 1.165) is 17.1 Å². The van der Waals surface area contributed by atoms with Crippen LogP contribution in [0.25, 0.3) is 65.7 Å². The number of hydrogen-bond donors (Lipinski definition) is 0. The van der Waals surface area contributed by atoms with Crippen molar-refractivity contribution < 1.29 is 0 Å². The highest BCUT2D eigenvalue weighted by atomic mass is 15.1. The molecule has 0 N–H and O–H groups in total. The largest absolute Gasteiger partial charge is 0.310 e. The van der Waals surface area contributed by atoms with Crippen LogP contribution >= 0.6 is 0 Å². The fourth-order valence-electron chi connectivity index (χ4n) is 13.3. The van der Waals surface area contributed by atoms with E-state index in [1.54, 1.807) is 0 Å². The second-order valence-corrected chi connectivity index (χ2v) is 19.0. The van der Waals surface area contributed by atoms with E-state index in [9.17, 15) is 0 Å². The lowest BCUT2D eigenvalue weighted by molar-refractivity contribution is 0.768. The molecule has 0 unspecified atom stereocenters. The third kappa shape index (κ3) is 5.04. The van der Waals surface area contributed by atoms with Gasteiger partial charge in [0.25, 0.3) is 0 Å². The van der Waals surface area contributed by atoms with E-state index in [-0.39, 0.29) is 0 Å². The van der Waals surface area contributed by atoms with E-state index in [1.165, 1.54) is 110 Å². The molecule has 0 saturated heterocycles. The number of hydrogen-bond acceptors (Lipinski definition) is 1. The molecule has 0 amide bonds. The van der Waals surface area contributed by atoms with Gasteiger partial charge in [-0.2, -0.15) is 0 Å². The molecule has 3 aliphatic rings. The summed E-state index contributed by atoms with van der Waals surface area (Å²) in [5.41, 5.74) is 20.8. The quantitative estimate of drug-likeness (QED) is 0.156. The summed E-state index contributed by atoms with van der Waals surface area (Å²) in [5, 5.41) is 7.59. The molecule has 320 valence electrons. The number of anilines is 3. The van der Waals surface area contributed by atoms with Crippen molar-refractivity contribution >= 4 is 49.4 Å². The van der Waals surface area contributed by atoms with Crippen LogP contribution in [0.15, 0.2) is 261 Å². The maximum Gasteiger partial charge on any atom is 0.0725 e. The lowest BCUT2D eigenvalue weighted by Gasteiger charge is -2.34. The summed E-state index contributed by atoms with van der Waals surface area (Å²) in [6.07, 6.45) is 0. The Morgan fingerprint density at radius 1 is 0.203 bits per heavy atom. The molecule has 12 aromatic carbocycles. The second-order valence-electron chi connectivity index (χ2n) is 19.0. The first kappa shape index (κ1) is 38.3. The summed E-state index contributed by atoms with van der Waals surface area (Å²) in [6, 6.07) is 98.0. The molecule has 0 heterocycles. The summed E-state index contributed by atoms with van der Waals surface area (Å²) in [5.74, 6) is 0. The van der Waals surface area contributed by atoms with Gasteiger partial charge in [0.15, 0.2) is 0 Å². The highest BCUT2D eigenvalue weighted by Crippen LogP contribution is 2.63. The van der Waals surface area contributed by atoms with Gasteiger partial charge in [0.2, 0.25) is 0 Å². The number of rotatable bonds is 5. The Kier molecular flexibility index (Phi) is 7.98. The molecule has 1 nitrogen and oxygen atoms in total. The first-order chi connectivity index (χ1) is 34.2. The molecular formula is C68H43N. The van der Waals surface area contributed by atoms with Gasteiger partial charge in [-0.3, -0.25) is 0 Å². The molecule has 0 atom stereocenters. The molecular weight excluding hydrogens is 831 g/mol. The Bertz CT molecular complexity index is 3960. The highest BCUT2D eigenvalue weighted by molar-refractivity contribution is 6.25. The zero-order valence-electron chi connectivity index (χ0n) is 37.8. The smallest absolute Gasteiger partial charge is 0.0725 e. The van der Waals surface area contributed by atoms with E-state index in [0.29, 0.717) is 0 Å². The van der Waals surface area contributed by atoms with Crippen LogP contribution in [-0.2, 0) is 10.8 Å². The van der Waals surface area contributed by atoms with Gasteiger partial charge in [0, 0.05) is 17.1 Å². The van der Waals surface area contributed by atoms with Crippen LogP contribution in [-0.4, -0.2) is 0 Å². The van der Waals surface area contributed by atoms with Crippen molar-refractivity contribution in [1.82, 2.24) is 0 Å². The minimum Gasteiger partial charge on any atom is -0.310 e. The summed E-state index contributed by atoms with van der Waals surface area (Å²) < 4.78 is 0. The van der Waals surface area contributed by atoms with E-state index in [2.05, 4.69) is 266 Å². The highest BCUT2D eigenvalue weighted by Gasteiger charge is 2.52. The van der Waals surface area contributed by atoms with Gasteiger partial charge in [0.05, 0.1) is 10.8 Å². The zero-order chi connectivity index (χ0) is 45.3. The van der Waals surface area contributed by atoms with Crippen LogP contribution in [0, 0.1) is 0 Å². The van der Waals surface area contributed by atoms with Crippen LogP contribution in [0.5, 0.6) is 0 Å². The molecule has 0 bridgehead atoms. The summed E-state index contributed by atoms with van der Waals surface area (Å²) in [6.45, 7) is 0. The Labute approximate surface area is 401 Å². The summed E-state index contributed by atoms with van der Waals surface area (Å²) >= 11 is 0. The standard InChI is InChI=1S/C68H43N/c1-2-18-44(19-3-1)67(61-29-13-8-24-54(61)55-25-9-14-30-62(55)67)45-34-36-46(37-35-45)69(47-38-40-53-51-22-5-4-20-49(51)50-21-6-7-23-52(50)59(53)42-47)48-39-41-66-60(43-48)58-28-12-17-33-65(58)68(66)63-31-15-10-26-56(63)57-27-11-16-32-64(57)68/h1-43H. The minimum absolute atomic E-state index is 0.410. The lowest BCUT2D eigenvalue weighted by Crippen LogP contribution is -2.28. The monoisotopic (exact) mass is 873 g/mol. The molecule has 0 saturated carbocycles. The van der Waals surface area contributed by atoms with Gasteiger partial charge in [-0.05, 0) is 147 Å². The van der Waals surface area contributed by atoms with Crippen molar-refractivity contribution in [1.29, 1.82) is 0 Å². The van der Waals surface area contributed by atoms with E-state index in [1.807, 2.05) is 0 Å². The third-order valence-electron chi connectivity index (χ3n) is 15.9. The molecule has 0 aliphatic heterocycles. The minimum atomic E-state index is -0.486. The SMILES string of the molecule is c1ccc(C2(c3ccc(N(c4ccc5c(c4)-c4ccccc4C54c5ccccc5-c5ccccc54)c4ccc5c6ccccc6c6ccccc6c5c4)cc3)c3ccccc3-c3ccccc32)cc1. The molecule has 69 heavy (non-hydrogen) atoms. The van der Waals surface area contributed by atoms with E-state index >= 15 is 0 Å². The Balaban J connectivity index is 0.977. The van der Waals surface area contributed by atoms with Crippen molar-refractivity contribution in [2.24, 2.45) is 0 Å². The average Bonchev–Trinajstić information content (AvgIpc) is 4.02. The Morgan fingerprint density at radius 2 is 0.536 bits per heavy atom. The normalized spacial score (nSPS) is 14.0. The number of fused-ring (bicyclic) bond motifs is 19. The molecule has 15 rings (SSSR count). The van der Waals surface area contributed by atoms with Crippen LogP contribution in [0.2, 0.25) is 0 Å². The lowest BCUT2D eigenvalue weighted by atomic mass is 9.68. The predicted octanol–water partition coefficient (Wildman–Crippen LogP) is 17.3. The maximum atomic E-state index is 2.49. The van der Waals surface area contributed by atoms with Gasteiger partial charge in [-0.1, -0.05) is 224 Å². The van der Waals surface area contributed by atoms with Gasteiger partial charge in [0.1, 0.15) is 0 Å². The van der Waals surface area contributed by atoms with Crippen molar-refractivity contribution in [3.63, 3.8) is 0 Å². The average molecular weight is 874 g/mol. The fourth-order valence-corrected chi connectivity index (χ4v) is 13.3. The maximum absolute atomic E-state index is 2.49. The first-order valence-electron chi connectivity index (χ1n) is 24.2. The predicted molar refractivity (Wildman–Crippen MR) is 287 cm³/mol. The number of nitrogens with zero attached hydrogens (tertiary/aromatic N) is 1. The molecule has 0 aromatic heterocycles. The summed E-state index contributed by atoms with van der Waals surface area (Å²) in [7, 11) is 0. The zero-order valence-corrected chi connectivity index (χ0v) is 37.8. The Morgan fingerprint density at radius 3 is 1.04 bits per heavy atom. The van der Waals surface area contributed by atoms with Crippen molar-refractivity contribution in [3.05, 3.63) is 305 Å². The Hall–Kier alpha value is -8.78. The van der Waals surface area contributed by atoms with Gasteiger partial charge in [-0.25, -0.2) is 0 Å². The van der Waals surface area contributed by atoms with Crippen LogP contribution < -0.4 is 4.90 Å². The van der Waals surface area contributed by atoms with Crippen molar-refractivity contribution in [2.45, 2.75) is 10.8 Å². The molecule has 12 aromatic rings. The van der Waals surface area contributed by atoms with Crippen LogP contribution in [0.4, 0.5) is 17.1 Å². The van der Waals surface area contributed by atoms with Gasteiger partial charge >= 0.3 is 0 Å². The third-order valence-corrected chi connectivity index (χ3v) is 15.9. The first-order valence-corrected chi connectivity index (χ1v) is 24.2. The van der Waals surface area contributed by atoms with Gasteiger partial charge < -0.3 is 4.90 Å². The van der Waals surface area contributed by atoms with Crippen molar-refractivity contribution in [3.8, 4) is 33.4 Å². The number of benzene rings is 12. The van der Waals surface area contributed by atoms with E-state index in [4.69, 9.17) is 0 Å². The van der Waals surface area contributed by atoms with E-state index < -0.39 is 10.8 Å². The summed E-state index contributed by atoms with van der Waals surface area (Å²) in [4.78, 5) is 2.49. The van der Waals surface area contributed by atoms with Crippen LogP contribution in [0.3, 0.4) is 0 Å². The molecule has 1 spiro atoms. The molecule has 3 aliphatic carbocycles.